The van der Waals surface area contributed by atoms with Gasteiger partial charge in [0, 0.05) is 43.3 Å². The molecule has 1 aliphatic rings. The lowest BCUT2D eigenvalue weighted by Gasteiger charge is -2.32. The Morgan fingerprint density at radius 1 is 1.44 bits per heavy atom. The monoisotopic (exact) mass is 358 g/mol. The second-order valence-corrected chi connectivity index (χ2v) is 7.46. The molecule has 0 spiro atoms. The van der Waals surface area contributed by atoms with Gasteiger partial charge >= 0.3 is 0 Å². The van der Waals surface area contributed by atoms with Crippen molar-refractivity contribution in [2.45, 2.75) is 36.7 Å². The van der Waals surface area contributed by atoms with E-state index < -0.39 is 0 Å². The molecule has 134 valence electrons. The van der Waals surface area contributed by atoms with Crippen molar-refractivity contribution >= 4 is 17.7 Å². The van der Waals surface area contributed by atoms with Crippen molar-refractivity contribution in [1.82, 2.24) is 19.8 Å². The molecular formula is C19H26N4OS. The Morgan fingerprint density at radius 2 is 2.32 bits per heavy atom. The number of aryl methyl sites for hydroxylation is 1. The van der Waals surface area contributed by atoms with E-state index in [-0.39, 0.29) is 11.9 Å². The number of imidazole rings is 1. The van der Waals surface area contributed by atoms with E-state index in [9.17, 15) is 4.79 Å². The number of nitrogens with one attached hydrogen (secondary N) is 1. The number of benzene rings is 1. The Balaban J connectivity index is 1.58. The third-order valence-corrected chi connectivity index (χ3v) is 5.75. The summed E-state index contributed by atoms with van der Waals surface area (Å²) in [6, 6.07) is 8.16. The van der Waals surface area contributed by atoms with Gasteiger partial charge in [0.2, 0.25) is 0 Å². The molecule has 6 heteroatoms. The number of amides is 1. The molecule has 1 saturated heterocycles. The molecule has 1 atom stereocenters. The first-order valence-corrected chi connectivity index (χ1v) is 9.86. The minimum atomic E-state index is 0.0341. The third kappa shape index (κ3) is 4.86. The molecule has 1 aromatic heterocycles. The fraction of sp³-hybridized carbons (Fsp3) is 0.474. The maximum Gasteiger partial charge on any atom is 0.251 e. The number of thioether (sulfide) groups is 1. The lowest BCUT2D eigenvalue weighted by atomic mass is 10.0. The van der Waals surface area contributed by atoms with Gasteiger partial charge in [-0.15, -0.1) is 0 Å². The van der Waals surface area contributed by atoms with Crippen LogP contribution in [0.25, 0.3) is 0 Å². The predicted molar refractivity (Wildman–Crippen MR) is 102 cm³/mol. The van der Waals surface area contributed by atoms with Crippen LogP contribution in [0.4, 0.5) is 0 Å². The molecule has 1 N–H and O–H groups in total. The molecule has 1 fully saturated rings. The zero-order valence-electron chi connectivity index (χ0n) is 14.9. The van der Waals surface area contributed by atoms with Crippen LogP contribution >= 0.6 is 11.8 Å². The van der Waals surface area contributed by atoms with Crippen LogP contribution in [0.15, 0.2) is 41.8 Å². The molecule has 1 aromatic carbocycles. The molecule has 3 rings (SSSR count). The number of carbonyl (C=O) groups is 1. The lowest BCUT2D eigenvalue weighted by Crippen LogP contribution is -2.47. The zero-order valence-corrected chi connectivity index (χ0v) is 15.8. The molecule has 25 heavy (non-hydrogen) atoms. The molecule has 0 saturated carbocycles. The number of aromatic nitrogens is 2. The molecule has 5 nitrogen and oxygen atoms in total. The van der Waals surface area contributed by atoms with Crippen LogP contribution in [0.3, 0.4) is 0 Å². The summed E-state index contributed by atoms with van der Waals surface area (Å²) in [5.41, 5.74) is 1.88. The van der Waals surface area contributed by atoms with Gasteiger partial charge in [-0.25, -0.2) is 4.98 Å². The summed E-state index contributed by atoms with van der Waals surface area (Å²) in [7, 11) is 1.99. The van der Waals surface area contributed by atoms with Crippen molar-refractivity contribution in [2.75, 3.05) is 19.6 Å². The number of likely N-dealkylation sites (tertiary alicyclic amines) is 1. The smallest absolute Gasteiger partial charge is 0.251 e. The van der Waals surface area contributed by atoms with E-state index in [1.807, 2.05) is 36.0 Å². The van der Waals surface area contributed by atoms with Crippen LogP contribution in [-0.2, 0) is 12.8 Å². The van der Waals surface area contributed by atoms with Gasteiger partial charge in [0.15, 0.2) is 5.16 Å². The van der Waals surface area contributed by atoms with Crippen molar-refractivity contribution < 1.29 is 4.79 Å². The van der Waals surface area contributed by atoms with Gasteiger partial charge < -0.3 is 14.8 Å². The summed E-state index contributed by atoms with van der Waals surface area (Å²) >= 11 is 1.68. The summed E-state index contributed by atoms with van der Waals surface area (Å²) < 4.78 is 2.00. The number of likely N-dealkylation sites (N-methyl/N-ethyl adjacent to an activating group) is 1. The zero-order chi connectivity index (χ0) is 17.6. The summed E-state index contributed by atoms with van der Waals surface area (Å²) in [5, 5.41) is 4.18. The molecule has 0 aliphatic carbocycles. The van der Waals surface area contributed by atoms with Crippen LogP contribution in [0, 0.1) is 0 Å². The van der Waals surface area contributed by atoms with E-state index in [2.05, 4.69) is 28.2 Å². The summed E-state index contributed by atoms with van der Waals surface area (Å²) in [5.74, 6) is 0.839. The number of rotatable bonds is 6. The standard InChI is InChI=1S/C19H26N4OS/c1-3-23-10-5-8-17(13-23)21-18(24)16-7-4-6-15(12-16)14-25-19-20-9-11-22(19)2/h4,6-7,9,11-12,17H,3,5,8,10,13-14H2,1-2H3,(H,21,24)/t17-/m1/s1. The number of nitrogens with zero attached hydrogens (tertiary/aromatic N) is 3. The van der Waals surface area contributed by atoms with Gasteiger partial charge in [0.25, 0.3) is 5.91 Å². The van der Waals surface area contributed by atoms with Crippen molar-refractivity contribution in [2.24, 2.45) is 7.05 Å². The average Bonchev–Trinajstić information content (AvgIpc) is 3.05. The summed E-state index contributed by atoms with van der Waals surface area (Å²) in [6.45, 7) is 5.32. The van der Waals surface area contributed by atoms with E-state index in [0.717, 1.165) is 54.5 Å². The van der Waals surface area contributed by atoms with Crippen molar-refractivity contribution in [3.8, 4) is 0 Å². The highest BCUT2D eigenvalue weighted by Gasteiger charge is 2.20. The maximum atomic E-state index is 12.6. The van der Waals surface area contributed by atoms with E-state index in [4.69, 9.17) is 0 Å². The van der Waals surface area contributed by atoms with Gasteiger partial charge in [0.1, 0.15) is 0 Å². The van der Waals surface area contributed by atoms with E-state index in [0.29, 0.717) is 0 Å². The van der Waals surface area contributed by atoms with E-state index in [1.165, 1.54) is 0 Å². The Morgan fingerprint density at radius 3 is 3.08 bits per heavy atom. The third-order valence-electron chi connectivity index (χ3n) is 4.62. The molecule has 0 bridgehead atoms. The van der Waals surface area contributed by atoms with Crippen LogP contribution in [0.2, 0.25) is 0 Å². The van der Waals surface area contributed by atoms with Crippen molar-refractivity contribution in [3.05, 3.63) is 47.8 Å². The second-order valence-electron chi connectivity index (χ2n) is 6.52. The quantitative estimate of drug-likeness (QED) is 0.807. The molecule has 0 radical (unpaired) electrons. The van der Waals surface area contributed by atoms with Gasteiger partial charge in [-0.2, -0.15) is 0 Å². The Hall–Kier alpha value is -1.79. The second kappa shape index (κ2) is 8.54. The van der Waals surface area contributed by atoms with E-state index in [1.54, 1.807) is 18.0 Å². The van der Waals surface area contributed by atoms with Gasteiger partial charge in [0.05, 0.1) is 0 Å². The van der Waals surface area contributed by atoms with Gasteiger partial charge in [-0.1, -0.05) is 30.8 Å². The average molecular weight is 359 g/mol. The van der Waals surface area contributed by atoms with Gasteiger partial charge in [-0.05, 0) is 43.6 Å². The first-order chi connectivity index (χ1) is 12.2. The highest BCUT2D eigenvalue weighted by Crippen LogP contribution is 2.21. The SMILES string of the molecule is CCN1CCC[C@@H](NC(=O)c2cccc(CSc3nccn3C)c2)C1. The van der Waals surface area contributed by atoms with E-state index >= 15 is 0 Å². The minimum absolute atomic E-state index is 0.0341. The van der Waals surface area contributed by atoms with Gasteiger partial charge in [-0.3, -0.25) is 4.79 Å². The Kier molecular flexibility index (Phi) is 6.15. The van der Waals surface area contributed by atoms with Crippen LogP contribution < -0.4 is 5.32 Å². The molecule has 2 heterocycles. The number of hydrogen-bond donors (Lipinski definition) is 1. The maximum absolute atomic E-state index is 12.6. The highest BCUT2D eigenvalue weighted by atomic mass is 32.2. The summed E-state index contributed by atoms with van der Waals surface area (Å²) in [6.07, 6.45) is 5.96. The molecule has 2 aromatic rings. The fourth-order valence-corrected chi connectivity index (χ4v) is 4.05. The van der Waals surface area contributed by atoms with Crippen LogP contribution in [0.1, 0.15) is 35.7 Å². The van der Waals surface area contributed by atoms with Crippen molar-refractivity contribution in [1.29, 1.82) is 0 Å². The van der Waals surface area contributed by atoms with Crippen molar-refractivity contribution in [3.63, 3.8) is 0 Å². The predicted octanol–water partition coefficient (Wildman–Crippen LogP) is 2.93. The topological polar surface area (TPSA) is 50.2 Å². The molecule has 1 amide bonds. The first-order valence-electron chi connectivity index (χ1n) is 8.88. The Labute approximate surface area is 153 Å². The van der Waals surface area contributed by atoms with Crippen LogP contribution in [-0.4, -0.2) is 46.0 Å². The molecular weight excluding hydrogens is 332 g/mol. The normalized spacial score (nSPS) is 18.2. The Bertz CT molecular complexity index is 715. The summed E-state index contributed by atoms with van der Waals surface area (Å²) in [4.78, 5) is 19.3. The highest BCUT2D eigenvalue weighted by molar-refractivity contribution is 7.98. The number of carbonyl (C=O) groups excluding carboxylic acids is 1. The minimum Gasteiger partial charge on any atom is -0.348 e. The molecule has 1 aliphatic heterocycles. The fourth-order valence-electron chi connectivity index (χ4n) is 3.17. The first kappa shape index (κ1) is 18.0. The lowest BCUT2D eigenvalue weighted by molar-refractivity contribution is 0.0905. The largest absolute Gasteiger partial charge is 0.348 e. The number of piperidine rings is 1. The molecule has 0 unspecified atom stereocenters. The number of hydrogen-bond acceptors (Lipinski definition) is 4. The van der Waals surface area contributed by atoms with Crippen LogP contribution in [0.5, 0.6) is 0 Å².